The van der Waals surface area contributed by atoms with Gasteiger partial charge >= 0.3 is 0 Å². The molecule has 1 heterocycles. The number of nitrogens with one attached hydrogen (secondary N) is 1. The van der Waals surface area contributed by atoms with Gasteiger partial charge in [-0.05, 0) is 62.3 Å². The maximum absolute atomic E-state index is 13.3. The summed E-state index contributed by atoms with van der Waals surface area (Å²) in [5.74, 6) is -0.350. The smallest absolute Gasteiger partial charge is 0.243 e. The number of amides is 1. The van der Waals surface area contributed by atoms with Crippen LogP contribution in [0.2, 0.25) is 0 Å². The highest BCUT2D eigenvalue weighted by Crippen LogP contribution is 2.31. The Morgan fingerprint density at radius 2 is 1.71 bits per heavy atom. The van der Waals surface area contributed by atoms with Crippen LogP contribution in [0.5, 0.6) is 0 Å². The van der Waals surface area contributed by atoms with Crippen LogP contribution in [0, 0.1) is 0 Å². The molecule has 6 nitrogen and oxygen atoms in total. The summed E-state index contributed by atoms with van der Waals surface area (Å²) < 4.78 is 28.0. The monoisotopic (exact) mass is 440 g/mol. The summed E-state index contributed by atoms with van der Waals surface area (Å²) in [6.45, 7) is 1.76. The van der Waals surface area contributed by atoms with Gasteiger partial charge in [-0.1, -0.05) is 42.8 Å². The number of hydrogen-bond donors (Lipinski definition) is 1. The predicted molar refractivity (Wildman–Crippen MR) is 118 cm³/mol. The van der Waals surface area contributed by atoms with Crippen molar-refractivity contribution in [1.29, 1.82) is 0 Å². The van der Waals surface area contributed by atoms with E-state index in [1.165, 1.54) is 41.1 Å². The number of nitrogens with zero attached hydrogens (tertiary/aromatic N) is 1. The highest BCUT2D eigenvalue weighted by molar-refractivity contribution is 7.89. The van der Waals surface area contributed by atoms with Crippen LogP contribution in [0.3, 0.4) is 0 Å². The first-order valence-electron chi connectivity index (χ1n) is 10.9. The van der Waals surface area contributed by atoms with Gasteiger partial charge in [-0.25, -0.2) is 8.42 Å². The van der Waals surface area contributed by atoms with Crippen molar-refractivity contribution >= 4 is 21.7 Å². The van der Waals surface area contributed by atoms with Gasteiger partial charge in [0, 0.05) is 12.1 Å². The average molecular weight is 441 g/mol. The molecule has 2 aromatic rings. The molecule has 2 aromatic carbocycles. The van der Waals surface area contributed by atoms with E-state index < -0.39 is 16.1 Å². The number of hydrogen-bond acceptors (Lipinski definition) is 4. The molecule has 1 N–H and O–H groups in total. The Hall–Kier alpha value is -2.51. The Kier molecular flexibility index (Phi) is 6.25. The molecule has 2 aliphatic rings. The number of carbonyl (C=O) groups is 2. The molecular formula is C24H28N2O4S. The van der Waals surface area contributed by atoms with Crippen molar-refractivity contribution in [3.63, 3.8) is 0 Å². The topological polar surface area (TPSA) is 83.6 Å². The minimum absolute atomic E-state index is 0.0845. The van der Waals surface area contributed by atoms with Gasteiger partial charge in [0.2, 0.25) is 15.9 Å². The Bertz CT molecular complexity index is 1080. The number of carbonyl (C=O) groups excluding carboxylic acids is 2. The third-order valence-corrected chi connectivity index (χ3v) is 8.23. The lowest BCUT2D eigenvalue weighted by molar-refractivity contribution is -0.126. The van der Waals surface area contributed by atoms with Crippen LogP contribution in [0.4, 0.5) is 0 Å². The predicted octanol–water partition coefficient (Wildman–Crippen LogP) is 3.63. The molecule has 31 heavy (non-hydrogen) atoms. The summed E-state index contributed by atoms with van der Waals surface area (Å²) in [6.07, 6.45) is 4.90. The molecule has 1 saturated heterocycles. The number of benzene rings is 2. The third-order valence-electron chi connectivity index (χ3n) is 6.31. The lowest BCUT2D eigenvalue weighted by atomic mass is 9.87. The van der Waals surface area contributed by atoms with Crippen molar-refractivity contribution in [3.05, 3.63) is 65.2 Å². The van der Waals surface area contributed by atoms with Crippen molar-refractivity contribution in [1.82, 2.24) is 9.62 Å². The molecule has 2 atom stereocenters. The Morgan fingerprint density at radius 1 is 0.968 bits per heavy atom. The minimum Gasteiger partial charge on any atom is -0.348 e. The molecule has 1 aliphatic carbocycles. The number of fused-ring (bicyclic) bond motifs is 1. The van der Waals surface area contributed by atoms with Crippen molar-refractivity contribution in [2.24, 2.45) is 0 Å². The molecule has 0 spiro atoms. The number of aryl methyl sites for hydroxylation is 1. The van der Waals surface area contributed by atoms with E-state index in [9.17, 15) is 18.0 Å². The van der Waals surface area contributed by atoms with Crippen LogP contribution >= 0.6 is 0 Å². The summed E-state index contributed by atoms with van der Waals surface area (Å²) >= 11 is 0. The normalized spacial score (nSPS) is 21.8. The van der Waals surface area contributed by atoms with Crippen molar-refractivity contribution in [3.8, 4) is 0 Å². The fraction of sp³-hybridized carbons (Fsp3) is 0.417. The maximum Gasteiger partial charge on any atom is 0.243 e. The van der Waals surface area contributed by atoms with Gasteiger partial charge in [-0.2, -0.15) is 4.31 Å². The SMILES string of the molecule is CC(=O)c1ccc(S(=O)(=O)N2CCCCC2C(=O)NC2CCCc3ccccc32)cc1. The van der Waals surface area contributed by atoms with E-state index in [-0.39, 0.29) is 22.6 Å². The molecular weight excluding hydrogens is 412 g/mol. The summed E-state index contributed by atoms with van der Waals surface area (Å²) in [7, 11) is -3.84. The highest BCUT2D eigenvalue weighted by Gasteiger charge is 2.38. The summed E-state index contributed by atoms with van der Waals surface area (Å²) in [5.41, 5.74) is 2.84. The van der Waals surface area contributed by atoms with Crippen LogP contribution in [-0.4, -0.2) is 37.0 Å². The second-order valence-electron chi connectivity index (χ2n) is 8.36. The molecule has 1 fully saturated rings. The highest BCUT2D eigenvalue weighted by atomic mass is 32.2. The van der Waals surface area contributed by atoms with Gasteiger partial charge in [0.25, 0.3) is 0 Å². The second kappa shape index (κ2) is 8.93. The largest absolute Gasteiger partial charge is 0.348 e. The minimum atomic E-state index is -3.84. The molecule has 0 aromatic heterocycles. The third kappa shape index (κ3) is 4.43. The van der Waals surface area contributed by atoms with Gasteiger partial charge in [0.05, 0.1) is 10.9 Å². The fourth-order valence-electron chi connectivity index (χ4n) is 4.62. The van der Waals surface area contributed by atoms with Crippen LogP contribution in [0.1, 0.15) is 66.6 Å². The molecule has 0 bridgehead atoms. The van der Waals surface area contributed by atoms with Crippen LogP contribution in [-0.2, 0) is 21.2 Å². The molecule has 7 heteroatoms. The average Bonchev–Trinajstić information content (AvgIpc) is 2.79. The van der Waals surface area contributed by atoms with E-state index >= 15 is 0 Å². The summed E-state index contributed by atoms with van der Waals surface area (Å²) in [4.78, 5) is 24.9. The first-order valence-corrected chi connectivity index (χ1v) is 12.3. The lowest BCUT2D eigenvalue weighted by Crippen LogP contribution is -2.52. The first-order chi connectivity index (χ1) is 14.9. The van der Waals surface area contributed by atoms with E-state index in [1.54, 1.807) is 0 Å². The van der Waals surface area contributed by atoms with Gasteiger partial charge in [0.15, 0.2) is 5.78 Å². The number of piperidine rings is 1. The Morgan fingerprint density at radius 3 is 2.45 bits per heavy atom. The Labute approximate surface area is 183 Å². The molecule has 2 unspecified atom stereocenters. The van der Waals surface area contributed by atoms with E-state index in [4.69, 9.17) is 0 Å². The zero-order chi connectivity index (χ0) is 22.0. The van der Waals surface area contributed by atoms with Crippen molar-refractivity contribution in [2.45, 2.75) is 62.4 Å². The second-order valence-corrected chi connectivity index (χ2v) is 10.3. The number of sulfonamides is 1. The standard InChI is InChI=1S/C24H28N2O4S/c1-17(27)18-12-14-20(15-13-18)31(29,30)26-16-5-4-11-23(26)24(28)25-22-10-6-8-19-7-2-3-9-21(19)22/h2-3,7,9,12-15,22-23H,4-6,8,10-11,16H2,1H3,(H,25,28). The van der Waals surface area contributed by atoms with Gasteiger partial charge in [-0.15, -0.1) is 0 Å². The van der Waals surface area contributed by atoms with Crippen LogP contribution in [0.25, 0.3) is 0 Å². The maximum atomic E-state index is 13.3. The molecule has 164 valence electrons. The fourth-order valence-corrected chi connectivity index (χ4v) is 6.28. The number of Topliss-reactive ketones (excluding diaryl/α,β-unsaturated/α-hetero) is 1. The quantitative estimate of drug-likeness (QED) is 0.720. The van der Waals surface area contributed by atoms with E-state index in [0.29, 0.717) is 18.5 Å². The molecule has 4 rings (SSSR count). The number of rotatable bonds is 5. The van der Waals surface area contributed by atoms with E-state index in [0.717, 1.165) is 37.7 Å². The lowest BCUT2D eigenvalue weighted by Gasteiger charge is -2.35. The first kappa shape index (κ1) is 21.7. The molecule has 1 amide bonds. The van der Waals surface area contributed by atoms with Crippen molar-refractivity contribution in [2.75, 3.05) is 6.54 Å². The van der Waals surface area contributed by atoms with Crippen LogP contribution < -0.4 is 5.32 Å². The number of ketones is 1. The molecule has 0 radical (unpaired) electrons. The van der Waals surface area contributed by atoms with Gasteiger partial charge in [0.1, 0.15) is 6.04 Å². The van der Waals surface area contributed by atoms with E-state index in [2.05, 4.69) is 11.4 Å². The zero-order valence-electron chi connectivity index (χ0n) is 17.7. The zero-order valence-corrected chi connectivity index (χ0v) is 18.5. The van der Waals surface area contributed by atoms with E-state index in [1.807, 2.05) is 18.2 Å². The molecule has 0 saturated carbocycles. The molecule has 1 aliphatic heterocycles. The van der Waals surface area contributed by atoms with Crippen molar-refractivity contribution < 1.29 is 18.0 Å². The van der Waals surface area contributed by atoms with Crippen LogP contribution in [0.15, 0.2) is 53.4 Å². The summed E-state index contributed by atoms with van der Waals surface area (Å²) in [5, 5.41) is 3.13. The summed E-state index contributed by atoms with van der Waals surface area (Å²) in [6, 6.07) is 13.3. The van der Waals surface area contributed by atoms with Gasteiger partial charge < -0.3 is 5.32 Å². The van der Waals surface area contributed by atoms with Gasteiger partial charge in [-0.3, -0.25) is 9.59 Å². The Balaban J connectivity index is 1.56.